The van der Waals surface area contributed by atoms with E-state index in [2.05, 4.69) is 10.6 Å². The van der Waals surface area contributed by atoms with Crippen molar-refractivity contribution in [2.75, 3.05) is 39.7 Å². The zero-order valence-electron chi connectivity index (χ0n) is 17.2. The molecular weight excluding hydrogens is 376 g/mol. The molecule has 3 rings (SSSR count). The number of carbonyl (C=O) groups is 3. The molecule has 0 radical (unpaired) electrons. The number of ether oxygens (including phenoxy) is 2. The smallest absolute Gasteiger partial charge is 0.328 e. The van der Waals surface area contributed by atoms with Gasteiger partial charge in [-0.05, 0) is 24.5 Å². The van der Waals surface area contributed by atoms with Crippen LogP contribution in [0.4, 0.5) is 10.5 Å². The van der Waals surface area contributed by atoms with E-state index in [0.29, 0.717) is 18.0 Å². The van der Waals surface area contributed by atoms with E-state index in [1.54, 1.807) is 38.4 Å². The first-order valence-electron chi connectivity index (χ1n) is 9.70. The van der Waals surface area contributed by atoms with Crippen molar-refractivity contribution in [2.45, 2.75) is 25.6 Å². The Balaban J connectivity index is 1.79. The normalized spacial score (nSPS) is 26.9. The largest absolute Gasteiger partial charge is 0.495 e. The minimum atomic E-state index is -0.569. The second-order valence-electron chi connectivity index (χ2n) is 7.31. The molecule has 9 nitrogen and oxygen atoms in total. The number of fused-ring (bicyclic) bond motifs is 1. The summed E-state index contributed by atoms with van der Waals surface area (Å²) >= 11 is 0. The lowest BCUT2D eigenvalue weighted by atomic mass is 9.81. The number of amides is 4. The van der Waals surface area contributed by atoms with Crippen LogP contribution in [-0.2, 0) is 14.3 Å². The summed E-state index contributed by atoms with van der Waals surface area (Å²) in [6.45, 7) is 2.32. The van der Waals surface area contributed by atoms with Gasteiger partial charge in [0.1, 0.15) is 12.3 Å². The lowest BCUT2D eigenvalue weighted by Crippen LogP contribution is -2.71. The number of urea groups is 1. The number of piperidine rings is 1. The van der Waals surface area contributed by atoms with Gasteiger partial charge in [-0.3, -0.25) is 19.8 Å². The molecule has 4 unspecified atom stereocenters. The third-order valence-corrected chi connectivity index (χ3v) is 5.73. The number of anilines is 1. The number of benzene rings is 1. The summed E-state index contributed by atoms with van der Waals surface area (Å²) in [6, 6.07) is 6.44. The molecule has 0 bridgehead atoms. The predicted molar refractivity (Wildman–Crippen MR) is 106 cm³/mol. The minimum absolute atomic E-state index is 0.149. The summed E-state index contributed by atoms with van der Waals surface area (Å²) < 4.78 is 10.9. The lowest BCUT2D eigenvalue weighted by Gasteiger charge is -2.50. The Hall–Kier alpha value is -2.65. The molecule has 2 aliphatic rings. The Labute approximate surface area is 170 Å². The molecule has 2 saturated heterocycles. The fourth-order valence-electron chi connectivity index (χ4n) is 4.17. The third kappa shape index (κ3) is 3.92. The van der Waals surface area contributed by atoms with Crippen molar-refractivity contribution in [2.24, 2.45) is 11.8 Å². The molecular formula is C20H28N4O5. The number of hydrogen-bond donors (Lipinski definition) is 2. The number of imide groups is 1. The van der Waals surface area contributed by atoms with Crippen molar-refractivity contribution < 1.29 is 23.9 Å². The molecule has 4 amide bonds. The van der Waals surface area contributed by atoms with Crippen LogP contribution in [0.15, 0.2) is 24.3 Å². The highest BCUT2D eigenvalue weighted by Crippen LogP contribution is 2.33. The van der Waals surface area contributed by atoms with Crippen molar-refractivity contribution in [3.63, 3.8) is 0 Å². The number of hydrogen-bond acceptors (Lipinski definition) is 6. The van der Waals surface area contributed by atoms with Gasteiger partial charge >= 0.3 is 6.03 Å². The molecule has 2 aliphatic heterocycles. The second-order valence-corrected chi connectivity index (χ2v) is 7.31. The van der Waals surface area contributed by atoms with Crippen LogP contribution in [0.2, 0.25) is 0 Å². The lowest BCUT2D eigenvalue weighted by molar-refractivity contribution is -0.154. The zero-order chi connectivity index (χ0) is 21.1. The predicted octanol–water partition coefficient (Wildman–Crippen LogP) is 1.11. The van der Waals surface area contributed by atoms with Gasteiger partial charge in [-0.1, -0.05) is 19.1 Å². The van der Waals surface area contributed by atoms with Crippen LogP contribution < -0.4 is 15.4 Å². The average molecular weight is 404 g/mol. The molecule has 158 valence electrons. The van der Waals surface area contributed by atoms with Gasteiger partial charge in [0.25, 0.3) is 0 Å². The highest BCUT2D eigenvalue weighted by atomic mass is 16.5. The van der Waals surface area contributed by atoms with E-state index in [4.69, 9.17) is 9.47 Å². The Bertz CT molecular complexity index is 786. The van der Waals surface area contributed by atoms with Gasteiger partial charge < -0.3 is 19.7 Å². The third-order valence-electron chi connectivity index (χ3n) is 5.73. The van der Waals surface area contributed by atoms with E-state index in [-0.39, 0.29) is 18.6 Å². The standard InChI is InChI=1S/C20H28N4O5/c1-5-12-10-21-18-16(17(12)29-4)19(26)24(20(27)23(18)2)11-15(25)22-13-8-6-7-9-14(13)28-3/h6-9,12,16-18,21H,5,10-11H2,1-4H3,(H,22,25). The first kappa shape index (κ1) is 21.1. The first-order valence-corrected chi connectivity index (χ1v) is 9.70. The number of nitrogens with one attached hydrogen (secondary N) is 2. The second kappa shape index (κ2) is 8.79. The van der Waals surface area contributed by atoms with Crippen LogP contribution >= 0.6 is 0 Å². The van der Waals surface area contributed by atoms with Gasteiger partial charge in [-0.2, -0.15) is 0 Å². The van der Waals surface area contributed by atoms with Crippen LogP contribution in [0.3, 0.4) is 0 Å². The Morgan fingerprint density at radius 3 is 2.66 bits per heavy atom. The molecule has 4 atom stereocenters. The van der Waals surface area contributed by atoms with E-state index in [0.717, 1.165) is 11.3 Å². The Morgan fingerprint density at radius 1 is 1.28 bits per heavy atom. The number of para-hydroxylation sites is 2. The van der Waals surface area contributed by atoms with E-state index in [1.807, 2.05) is 6.92 Å². The highest BCUT2D eigenvalue weighted by Gasteiger charge is 2.52. The summed E-state index contributed by atoms with van der Waals surface area (Å²) in [5.41, 5.74) is 0.475. The Morgan fingerprint density at radius 2 is 2.00 bits per heavy atom. The molecule has 1 aromatic carbocycles. The van der Waals surface area contributed by atoms with Crippen molar-refractivity contribution in [1.29, 1.82) is 0 Å². The number of carbonyl (C=O) groups excluding carboxylic acids is 3. The minimum Gasteiger partial charge on any atom is -0.495 e. The molecule has 1 aromatic rings. The van der Waals surface area contributed by atoms with Gasteiger partial charge in [-0.25, -0.2) is 4.79 Å². The maximum atomic E-state index is 13.2. The number of nitrogens with zero attached hydrogens (tertiary/aromatic N) is 2. The molecule has 0 saturated carbocycles. The molecule has 0 spiro atoms. The summed E-state index contributed by atoms with van der Waals surface area (Å²) in [5.74, 6) is -0.800. The summed E-state index contributed by atoms with van der Waals surface area (Å²) in [4.78, 5) is 41.1. The van der Waals surface area contributed by atoms with Crippen LogP contribution in [0.5, 0.6) is 5.75 Å². The molecule has 0 aromatic heterocycles. The van der Waals surface area contributed by atoms with Crippen molar-refractivity contribution >= 4 is 23.5 Å². The van der Waals surface area contributed by atoms with E-state index >= 15 is 0 Å². The quantitative estimate of drug-likeness (QED) is 0.737. The fourth-order valence-corrected chi connectivity index (χ4v) is 4.17. The Kier molecular flexibility index (Phi) is 6.39. The zero-order valence-corrected chi connectivity index (χ0v) is 17.2. The van der Waals surface area contributed by atoms with Gasteiger partial charge in [-0.15, -0.1) is 0 Å². The fraction of sp³-hybridized carbons (Fsp3) is 0.550. The first-order chi connectivity index (χ1) is 13.9. The molecule has 9 heteroatoms. The molecule has 2 heterocycles. The van der Waals surface area contributed by atoms with Crippen LogP contribution in [0, 0.1) is 11.8 Å². The molecule has 2 fully saturated rings. The molecule has 2 N–H and O–H groups in total. The van der Waals surface area contributed by atoms with Gasteiger partial charge in [0.05, 0.1) is 31.0 Å². The summed E-state index contributed by atoms with van der Waals surface area (Å²) in [6.07, 6.45) is 0.0684. The number of rotatable bonds is 6. The van der Waals surface area contributed by atoms with Crippen LogP contribution in [0.25, 0.3) is 0 Å². The topological polar surface area (TPSA) is 100 Å². The maximum absolute atomic E-state index is 13.2. The average Bonchev–Trinajstić information content (AvgIpc) is 2.74. The number of methoxy groups -OCH3 is 2. The van der Waals surface area contributed by atoms with E-state index < -0.39 is 29.9 Å². The van der Waals surface area contributed by atoms with E-state index in [9.17, 15) is 14.4 Å². The monoisotopic (exact) mass is 404 g/mol. The summed E-state index contributed by atoms with van der Waals surface area (Å²) in [7, 11) is 4.71. The van der Waals surface area contributed by atoms with E-state index in [1.165, 1.54) is 12.0 Å². The van der Waals surface area contributed by atoms with Crippen LogP contribution in [0.1, 0.15) is 13.3 Å². The van der Waals surface area contributed by atoms with Crippen molar-refractivity contribution in [3.8, 4) is 5.75 Å². The highest BCUT2D eigenvalue weighted by molar-refractivity contribution is 6.04. The van der Waals surface area contributed by atoms with Crippen molar-refractivity contribution in [1.82, 2.24) is 15.1 Å². The van der Waals surface area contributed by atoms with Gasteiger partial charge in [0, 0.05) is 20.7 Å². The van der Waals surface area contributed by atoms with Crippen molar-refractivity contribution in [3.05, 3.63) is 24.3 Å². The van der Waals surface area contributed by atoms with Crippen LogP contribution in [-0.4, -0.2) is 74.3 Å². The van der Waals surface area contributed by atoms with Gasteiger partial charge in [0.2, 0.25) is 11.8 Å². The molecule has 29 heavy (non-hydrogen) atoms. The van der Waals surface area contributed by atoms with Gasteiger partial charge in [0.15, 0.2) is 0 Å². The maximum Gasteiger partial charge on any atom is 0.328 e. The SMILES string of the molecule is CCC1CNC2C(C(=O)N(CC(=O)Nc3ccccc3OC)C(=O)N2C)C1OC. The molecule has 0 aliphatic carbocycles. The summed E-state index contributed by atoms with van der Waals surface area (Å²) in [5, 5.41) is 5.99.